The fourth-order valence-electron chi connectivity index (χ4n) is 3.23. The van der Waals surface area contributed by atoms with Crippen molar-refractivity contribution in [1.82, 2.24) is 19.4 Å². The molecule has 1 N–H and O–H groups in total. The van der Waals surface area contributed by atoms with Crippen molar-refractivity contribution in [3.8, 4) is 0 Å². The summed E-state index contributed by atoms with van der Waals surface area (Å²) in [6.07, 6.45) is 5.38. The van der Waals surface area contributed by atoms with E-state index in [0.717, 1.165) is 31.4 Å². The Morgan fingerprint density at radius 3 is 2.69 bits per heavy atom. The molecule has 1 aromatic carbocycles. The third-order valence-electron chi connectivity index (χ3n) is 4.55. The molecule has 0 bridgehead atoms. The lowest BCUT2D eigenvalue weighted by molar-refractivity contribution is 0.0794. The molecular formula is C18H17Cl2N5O. The van der Waals surface area contributed by atoms with Crippen molar-refractivity contribution in [3.05, 3.63) is 46.3 Å². The van der Waals surface area contributed by atoms with Gasteiger partial charge >= 0.3 is 0 Å². The van der Waals surface area contributed by atoms with E-state index in [2.05, 4.69) is 15.3 Å². The SMILES string of the molecule is Cn1cnc2c(Nc3ccc(Cl)cc3Cl)ncc(C(=O)N3CCCC3)c21. The van der Waals surface area contributed by atoms with Crippen molar-refractivity contribution in [1.29, 1.82) is 0 Å². The Labute approximate surface area is 160 Å². The highest BCUT2D eigenvalue weighted by molar-refractivity contribution is 6.36. The number of carbonyl (C=O) groups excluding carboxylic acids is 1. The zero-order valence-electron chi connectivity index (χ0n) is 14.2. The van der Waals surface area contributed by atoms with Crippen LogP contribution in [0.4, 0.5) is 11.5 Å². The van der Waals surface area contributed by atoms with Gasteiger partial charge in [0.2, 0.25) is 0 Å². The van der Waals surface area contributed by atoms with Crippen LogP contribution < -0.4 is 5.32 Å². The number of hydrogen-bond acceptors (Lipinski definition) is 4. The first-order valence-electron chi connectivity index (χ1n) is 8.36. The Kier molecular flexibility index (Phi) is 4.46. The molecular weight excluding hydrogens is 373 g/mol. The van der Waals surface area contributed by atoms with Crippen LogP contribution in [-0.2, 0) is 7.05 Å². The topological polar surface area (TPSA) is 63.1 Å². The number of carbonyl (C=O) groups is 1. The fraction of sp³-hybridized carbons (Fsp3) is 0.278. The van der Waals surface area contributed by atoms with E-state index < -0.39 is 0 Å². The van der Waals surface area contributed by atoms with Crippen molar-refractivity contribution in [3.63, 3.8) is 0 Å². The molecule has 1 aliphatic heterocycles. The Morgan fingerprint density at radius 1 is 1.19 bits per heavy atom. The molecule has 26 heavy (non-hydrogen) atoms. The standard InChI is InChI=1S/C18H17Cl2N5O/c1-24-10-22-15-16(24)12(18(26)25-6-2-3-7-25)9-21-17(15)23-14-5-4-11(19)8-13(14)20/h4-5,8-10H,2-3,6-7H2,1H3,(H,21,23). The number of pyridine rings is 1. The molecule has 8 heteroatoms. The largest absolute Gasteiger partial charge is 0.339 e. The van der Waals surface area contributed by atoms with Gasteiger partial charge in [0.15, 0.2) is 5.82 Å². The minimum Gasteiger partial charge on any atom is -0.339 e. The fourth-order valence-corrected chi connectivity index (χ4v) is 3.69. The molecule has 4 rings (SSSR count). The first-order chi connectivity index (χ1) is 12.5. The molecule has 0 aliphatic carbocycles. The van der Waals surface area contributed by atoms with Crippen molar-refractivity contribution < 1.29 is 4.79 Å². The minimum atomic E-state index is -0.000301. The lowest BCUT2D eigenvalue weighted by atomic mass is 10.2. The monoisotopic (exact) mass is 389 g/mol. The predicted molar refractivity (Wildman–Crippen MR) is 103 cm³/mol. The Morgan fingerprint density at radius 2 is 1.96 bits per heavy atom. The zero-order valence-corrected chi connectivity index (χ0v) is 15.7. The van der Waals surface area contributed by atoms with Gasteiger partial charge in [0.05, 0.1) is 28.1 Å². The second-order valence-corrected chi connectivity index (χ2v) is 7.17. The molecule has 0 atom stereocenters. The minimum absolute atomic E-state index is 0.000301. The highest BCUT2D eigenvalue weighted by atomic mass is 35.5. The van der Waals surface area contributed by atoms with Gasteiger partial charge < -0.3 is 14.8 Å². The summed E-state index contributed by atoms with van der Waals surface area (Å²) in [6, 6.07) is 5.19. The van der Waals surface area contributed by atoms with E-state index >= 15 is 0 Å². The summed E-state index contributed by atoms with van der Waals surface area (Å²) in [5.41, 5.74) is 2.62. The van der Waals surface area contributed by atoms with Crippen LogP contribution in [0.3, 0.4) is 0 Å². The van der Waals surface area contributed by atoms with Crippen molar-refractivity contribution in [2.45, 2.75) is 12.8 Å². The molecule has 0 saturated carbocycles. The summed E-state index contributed by atoms with van der Waals surface area (Å²) in [5.74, 6) is 0.544. The van der Waals surface area contributed by atoms with Crippen LogP contribution in [0.15, 0.2) is 30.7 Å². The second-order valence-electron chi connectivity index (χ2n) is 6.32. The zero-order chi connectivity index (χ0) is 18.3. The van der Waals surface area contributed by atoms with Gasteiger partial charge in [-0.25, -0.2) is 9.97 Å². The molecule has 1 fully saturated rings. The molecule has 1 aliphatic rings. The van der Waals surface area contributed by atoms with Gasteiger partial charge in [-0.1, -0.05) is 23.2 Å². The maximum Gasteiger partial charge on any atom is 0.257 e. The van der Waals surface area contributed by atoms with Gasteiger partial charge in [0.25, 0.3) is 5.91 Å². The van der Waals surface area contributed by atoms with Gasteiger partial charge in [-0.3, -0.25) is 4.79 Å². The Hall–Kier alpha value is -2.31. The lowest BCUT2D eigenvalue weighted by Crippen LogP contribution is -2.28. The van der Waals surface area contributed by atoms with E-state index in [9.17, 15) is 4.79 Å². The quantitative estimate of drug-likeness (QED) is 0.726. The summed E-state index contributed by atoms with van der Waals surface area (Å²) in [4.78, 5) is 23.6. The van der Waals surface area contributed by atoms with E-state index in [1.807, 2.05) is 16.5 Å². The molecule has 2 aromatic heterocycles. The molecule has 3 aromatic rings. The summed E-state index contributed by atoms with van der Waals surface area (Å²) in [6.45, 7) is 1.58. The van der Waals surface area contributed by atoms with Crippen molar-refractivity contribution in [2.75, 3.05) is 18.4 Å². The first-order valence-corrected chi connectivity index (χ1v) is 9.11. The number of amides is 1. The van der Waals surface area contributed by atoms with E-state index in [-0.39, 0.29) is 5.91 Å². The number of nitrogens with zero attached hydrogens (tertiary/aromatic N) is 4. The third-order valence-corrected chi connectivity index (χ3v) is 5.09. The molecule has 0 radical (unpaired) electrons. The van der Waals surface area contributed by atoms with E-state index in [1.165, 1.54) is 0 Å². The van der Waals surface area contributed by atoms with Gasteiger partial charge in [0.1, 0.15) is 5.52 Å². The van der Waals surface area contributed by atoms with Crippen LogP contribution in [0.2, 0.25) is 10.0 Å². The van der Waals surface area contributed by atoms with Gasteiger partial charge in [0, 0.05) is 31.4 Å². The third kappa shape index (κ3) is 2.99. The van der Waals surface area contributed by atoms with Crippen LogP contribution in [-0.4, -0.2) is 38.4 Å². The number of likely N-dealkylation sites (tertiary alicyclic amines) is 1. The lowest BCUT2D eigenvalue weighted by Gasteiger charge is -2.17. The van der Waals surface area contributed by atoms with Crippen LogP contribution >= 0.6 is 23.2 Å². The summed E-state index contributed by atoms with van der Waals surface area (Å²) >= 11 is 12.2. The normalized spacial score (nSPS) is 14.2. The summed E-state index contributed by atoms with van der Waals surface area (Å²) in [7, 11) is 1.87. The second kappa shape index (κ2) is 6.78. The van der Waals surface area contributed by atoms with Gasteiger partial charge in [-0.05, 0) is 31.0 Å². The molecule has 134 valence electrons. The van der Waals surface area contributed by atoms with Crippen LogP contribution in [0, 0.1) is 0 Å². The van der Waals surface area contributed by atoms with Crippen LogP contribution in [0.5, 0.6) is 0 Å². The summed E-state index contributed by atoms with van der Waals surface area (Å²) in [5, 5.41) is 4.23. The number of halogens is 2. The number of aromatic nitrogens is 3. The molecule has 0 spiro atoms. The molecule has 3 heterocycles. The Balaban J connectivity index is 1.76. The highest BCUT2D eigenvalue weighted by Crippen LogP contribution is 2.31. The van der Waals surface area contributed by atoms with Crippen molar-refractivity contribution >= 4 is 51.6 Å². The average Bonchev–Trinajstić information content (AvgIpc) is 3.28. The number of imidazole rings is 1. The Bertz CT molecular complexity index is 995. The molecule has 1 saturated heterocycles. The van der Waals surface area contributed by atoms with Crippen LogP contribution in [0.25, 0.3) is 11.0 Å². The molecule has 0 unspecified atom stereocenters. The predicted octanol–water partition coefficient (Wildman–Crippen LogP) is 4.25. The highest BCUT2D eigenvalue weighted by Gasteiger charge is 2.24. The number of aryl methyl sites for hydroxylation is 1. The van der Waals surface area contributed by atoms with Crippen molar-refractivity contribution in [2.24, 2.45) is 7.05 Å². The number of benzene rings is 1. The maximum absolute atomic E-state index is 12.9. The van der Waals surface area contributed by atoms with Gasteiger partial charge in [-0.2, -0.15) is 0 Å². The number of rotatable bonds is 3. The average molecular weight is 390 g/mol. The molecule has 1 amide bonds. The molecule has 6 nitrogen and oxygen atoms in total. The number of fused-ring (bicyclic) bond motifs is 1. The van der Waals surface area contributed by atoms with Gasteiger partial charge in [-0.15, -0.1) is 0 Å². The maximum atomic E-state index is 12.9. The first kappa shape index (κ1) is 17.1. The van der Waals surface area contributed by atoms with E-state index in [1.54, 1.807) is 30.7 Å². The van der Waals surface area contributed by atoms with E-state index in [4.69, 9.17) is 23.2 Å². The van der Waals surface area contributed by atoms with Crippen LogP contribution in [0.1, 0.15) is 23.2 Å². The number of anilines is 2. The number of nitrogens with one attached hydrogen (secondary N) is 1. The van der Waals surface area contributed by atoms with E-state index in [0.29, 0.717) is 32.6 Å². The summed E-state index contributed by atoms with van der Waals surface area (Å²) < 4.78 is 1.84. The number of hydrogen-bond donors (Lipinski definition) is 1. The smallest absolute Gasteiger partial charge is 0.257 e.